The third-order valence-electron chi connectivity index (χ3n) is 3.85. The van der Waals surface area contributed by atoms with E-state index in [2.05, 4.69) is 10.5 Å². The van der Waals surface area contributed by atoms with Gasteiger partial charge in [0.15, 0.2) is 0 Å². The fourth-order valence-corrected chi connectivity index (χ4v) is 3.86. The Labute approximate surface area is 137 Å². The van der Waals surface area contributed by atoms with Crippen LogP contribution in [-0.4, -0.2) is 32.3 Å². The van der Waals surface area contributed by atoms with Crippen LogP contribution in [0.5, 0.6) is 0 Å². The summed E-state index contributed by atoms with van der Waals surface area (Å²) >= 11 is 0. The van der Waals surface area contributed by atoms with E-state index in [0.29, 0.717) is 5.69 Å². The number of para-hydroxylation sites is 1. The molecule has 1 aromatic rings. The molecule has 7 heteroatoms. The Morgan fingerprint density at radius 1 is 1.17 bits per heavy atom. The van der Waals surface area contributed by atoms with Crippen LogP contribution >= 0.6 is 0 Å². The molecule has 1 saturated carbocycles. The molecule has 1 atom stereocenters. The minimum absolute atomic E-state index is 0.433. The third kappa shape index (κ3) is 4.79. The van der Waals surface area contributed by atoms with Crippen LogP contribution in [0.2, 0.25) is 0 Å². The van der Waals surface area contributed by atoms with E-state index >= 15 is 0 Å². The zero-order valence-electron chi connectivity index (χ0n) is 13.5. The van der Waals surface area contributed by atoms with Crippen molar-refractivity contribution in [2.75, 3.05) is 10.6 Å². The highest BCUT2D eigenvalue weighted by Gasteiger charge is 2.29. The first-order chi connectivity index (χ1) is 10.9. The van der Waals surface area contributed by atoms with Crippen molar-refractivity contribution in [3.63, 3.8) is 0 Å². The number of rotatable bonds is 5. The average molecular weight is 337 g/mol. The van der Waals surface area contributed by atoms with Gasteiger partial charge in [0, 0.05) is 5.71 Å². The third-order valence-corrected chi connectivity index (χ3v) is 5.10. The first kappa shape index (κ1) is 17.5. The number of anilines is 1. The summed E-state index contributed by atoms with van der Waals surface area (Å²) in [6.07, 6.45) is 6.25. The summed E-state index contributed by atoms with van der Waals surface area (Å²) in [5, 5.41) is 4.16. The maximum Gasteiger partial charge on any atom is 0.263 e. The lowest BCUT2D eigenvalue weighted by Gasteiger charge is -2.27. The van der Waals surface area contributed by atoms with Gasteiger partial charge in [-0.2, -0.15) is 5.10 Å². The number of carbonyl (C=O) groups is 1. The molecule has 0 bridgehead atoms. The quantitative estimate of drug-likeness (QED) is 0.837. The molecule has 1 aromatic carbocycles. The van der Waals surface area contributed by atoms with Crippen molar-refractivity contribution in [2.45, 2.75) is 45.1 Å². The SMILES string of the molecule is C[C@@H](C(=O)NN=C1CCCCC1)N(c1ccccc1)S(C)(=O)=O. The van der Waals surface area contributed by atoms with E-state index in [-0.39, 0.29) is 0 Å². The van der Waals surface area contributed by atoms with Gasteiger partial charge in [0.1, 0.15) is 6.04 Å². The molecular weight excluding hydrogens is 314 g/mol. The van der Waals surface area contributed by atoms with Crippen molar-refractivity contribution < 1.29 is 13.2 Å². The van der Waals surface area contributed by atoms with Crippen LogP contribution in [0.4, 0.5) is 5.69 Å². The molecule has 23 heavy (non-hydrogen) atoms. The summed E-state index contributed by atoms with van der Waals surface area (Å²) in [6.45, 7) is 1.56. The Balaban J connectivity index is 2.14. The molecular formula is C16H23N3O3S. The van der Waals surface area contributed by atoms with Gasteiger partial charge in [-0.05, 0) is 44.7 Å². The summed E-state index contributed by atoms with van der Waals surface area (Å²) in [7, 11) is -3.58. The predicted molar refractivity (Wildman–Crippen MR) is 91.9 cm³/mol. The number of benzene rings is 1. The number of hydrogen-bond acceptors (Lipinski definition) is 4. The first-order valence-electron chi connectivity index (χ1n) is 7.79. The smallest absolute Gasteiger partial charge is 0.263 e. The van der Waals surface area contributed by atoms with Crippen LogP contribution in [0.1, 0.15) is 39.0 Å². The molecule has 1 aliphatic rings. The molecule has 0 aliphatic heterocycles. The van der Waals surface area contributed by atoms with E-state index in [1.165, 1.54) is 6.42 Å². The van der Waals surface area contributed by atoms with Crippen molar-refractivity contribution in [2.24, 2.45) is 5.10 Å². The molecule has 2 rings (SSSR count). The molecule has 1 aliphatic carbocycles. The maximum atomic E-state index is 12.3. The molecule has 1 N–H and O–H groups in total. The fourth-order valence-electron chi connectivity index (χ4n) is 2.68. The summed E-state index contributed by atoms with van der Waals surface area (Å²) in [5.74, 6) is -0.433. The molecule has 126 valence electrons. The van der Waals surface area contributed by atoms with Crippen molar-refractivity contribution in [3.05, 3.63) is 30.3 Å². The largest absolute Gasteiger partial charge is 0.271 e. The molecule has 0 aromatic heterocycles. The van der Waals surface area contributed by atoms with E-state index in [1.54, 1.807) is 37.3 Å². The van der Waals surface area contributed by atoms with Gasteiger partial charge in [0.2, 0.25) is 10.0 Å². The number of hydrogen-bond donors (Lipinski definition) is 1. The van der Waals surface area contributed by atoms with Gasteiger partial charge in [-0.15, -0.1) is 0 Å². The van der Waals surface area contributed by atoms with Gasteiger partial charge < -0.3 is 0 Å². The van der Waals surface area contributed by atoms with E-state index in [4.69, 9.17) is 0 Å². The lowest BCUT2D eigenvalue weighted by Crippen LogP contribution is -2.47. The molecule has 0 radical (unpaired) electrons. The minimum Gasteiger partial charge on any atom is -0.271 e. The molecule has 0 spiro atoms. The topological polar surface area (TPSA) is 78.8 Å². The fraction of sp³-hybridized carbons (Fsp3) is 0.500. The minimum atomic E-state index is -3.58. The van der Waals surface area contributed by atoms with Crippen molar-refractivity contribution in [1.82, 2.24) is 5.43 Å². The molecule has 1 amide bonds. The Hall–Kier alpha value is -1.89. The molecule has 1 fully saturated rings. The Kier molecular flexibility index (Phi) is 5.76. The Bertz CT molecular complexity index is 663. The predicted octanol–water partition coefficient (Wildman–Crippen LogP) is 2.28. The highest BCUT2D eigenvalue weighted by Crippen LogP contribution is 2.20. The Morgan fingerprint density at radius 3 is 2.35 bits per heavy atom. The Morgan fingerprint density at radius 2 is 1.78 bits per heavy atom. The highest BCUT2D eigenvalue weighted by molar-refractivity contribution is 7.92. The zero-order chi connectivity index (χ0) is 16.9. The van der Waals surface area contributed by atoms with Crippen LogP contribution in [0.15, 0.2) is 35.4 Å². The second-order valence-corrected chi connectivity index (χ2v) is 7.64. The van der Waals surface area contributed by atoms with E-state index < -0.39 is 22.0 Å². The maximum absolute atomic E-state index is 12.3. The normalized spacial score (nSPS) is 16.5. The molecule has 0 unspecified atom stereocenters. The van der Waals surface area contributed by atoms with Crippen LogP contribution in [0.3, 0.4) is 0 Å². The monoisotopic (exact) mass is 337 g/mol. The number of carbonyl (C=O) groups excluding carboxylic acids is 1. The summed E-state index contributed by atoms with van der Waals surface area (Å²) in [5.41, 5.74) is 3.95. The molecule has 0 saturated heterocycles. The van der Waals surface area contributed by atoms with Gasteiger partial charge in [-0.25, -0.2) is 13.8 Å². The molecule has 0 heterocycles. The van der Waals surface area contributed by atoms with Gasteiger partial charge in [-0.1, -0.05) is 24.6 Å². The second-order valence-electron chi connectivity index (χ2n) is 5.79. The van der Waals surface area contributed by atoms with Crippen LogP contribution in [-0.2, 0) is 14.8 Å². The van der Waals surface area contributed by atoms with Crippen LogP contribution in [0, 0.1) is 0 Å². The number of amides is 1. The summed E-state index contributed by atoms with van der Waals surface area (Å²) in [4.78, 5) is 12.3. The van der Waals surface area contributed by atoms with Gasteiger partial charge in [0.25, 0.3) is 5.91 Å². The van der Waals surface area contributed by atoms with Crippen molar-refractivity contribution >= 4 is 27.3 Å². The average Bonchev–Trinajstić information content (AvgIpc) is 2.53. The number of nitrogens with zero attached hydrogens (tertiary/aromatic N) is 2. The number of nitrogens with one attached hydrogen (secondary N) is 1. The number of sulfonamides is 1. The molecule has 6 nitrogen and oxygen atoms in total. The van der Waals surface area contributed by atoms with Gasteiger partial charge in [0.05, 0.1) is 11.9 Å². The van der Waals surface area contributed by atoms with Crippen molar-refractivity contribution in [3.8, 4) is 0 Å². The van der Waals surface area contributed by atoms with E-state index in [9.17, 15) is 13.2 Å². The summed E-state index contributed by atoms with van der Waals surface area (Å²) < 4.78 is 25.3. The lowest BCUT2D eigenvalue weighted by molar-refractivity contribution is -0.121. The van der Waals surface area contributed by atoms with E-state index in [0.717, 1.165) is 42.0 Å². The van der Waals surface area contributed by atoms with E-state index in [1.807, 2.05) is 0 Å². The van der Waals surface area contributed by atoms with Gasteiger partial charge in [-0.3, -0.25) is 9.10 Å². The standard InChI is InChI=1S/C16H23N3O3S/c1-13(16(20)18-17-14-9-5-3-6-10-14)19(23(2,21)22)15-11-7-4-8-12-15/h4,7-8,11-13H,3,5-6,9-10H2,1-2H3,(H,18,20)/t13-/m0/s1. The summed E-state index contributed by atoms with van der Waals surface area (Å²) in [6, 6.07) is 7.72. The zero-order valence-corrected chi connectivity index (χ0v) is 14.3. The van der Waals surface area contributed by atoms with Crippen molar-refractivity contribution in [1.29, 1.82) is 0 Å². The highest BCUT2D eigenvalue weighted by atomic mass is 32.2. The second kappa shape index (κ2) is 7.59. The van der Waals surface area contributed by atoms with Crippen LogP contribution in [0.25, 0.3) is 0 Å². The first-order valence-corrected chi connectivity index (χ1v) is 9.64. The number of hydrazone groups is 1. The lowest BCUT2D eigenvalue weighted by atomic mass is 9.99. The van der Waals surface area contributed by atoms with Crippen LogP contribution < -0.4 is 9.73 Å². The van der Waals surface area contributed by atoms with Gasteiger partial charge >= 0.3 is 0 Å².